The predicted octanol–water partition coefficient (Wildman–Crippen LogP) is 2.05. The number of carbonyl (C=O) groups is 3. The van der Waals surface area contributed by atoms with Crippen LogP contribution in [0.5, 0.6) is 0 Å². The zero-order valence-corrected chi connectivity index (χ0v) is 22.6. The molecule has 4 atom stereocenters. The van der Waals surface area contributed by atoms with Crippen LogP contribution in [0.1, 0.15) is 50.8 Å². The fraction of sp³-hybridized carbons (Fsp3) is 0.560. The van der Waals surface area contributed by atoms with E-state index in [9.17, 15) is 40.7 Å². The van der Waals surface area contributed by atoms with Crippen molar-refractivity contribution in [3.8, 4) is 0 Å². The number of amides is 3. The van der Waals surface area contributed by atoms with Crippen molar-refractivity contribution >= 4 is 17.7 Å². The van der Waals surface area contributed by atoms with Gasteiger partial charge in [-0.15, -0.1) is 10.2 Å². The number of halogens is 6. The van der Waals surface area contributed by atoms with Crippen LogP contribution in [0.4, 0.5) is 26.3 Å². The molecular weight excluding hydrogens is 560 g/mol. The lowest BCUT2D eigenvalue weighted by molar-refractivity contribution is -0.148. The van der Waals surface area contributed by atoms with E-state index in [0.717, 1.165) is 4.57 Å². The second-order valence-electron chi connectivity index (χ2n) is 10.0. The fourth-order valence-corrected chi connectivity index (χ4v) is 4.29. The number of nitrogens with one attached hydrogen (secondary N) is 2. The van der Waals surface area contributed by atoms with Gasteiger partial charge in [0.2, 0.25) is 23.5 Å². The number of hydrogen-bond acceptors (Lipinski definition) is 6. The Morgan fingerprint density at radius 2 is 1.66 bits per heavy atom. The Kier molecular flexibility index (Phi) is 9.99. The summed E-state index contributed by atoms with van der Waals surface area (Å²) in [5, 5.41) is 11.7. The third-order valence-electron chi connectivity index (χ3n) is 6.99. The second-order valence-corrected chi connectivity index (χ2v) is 10.0. The molecule has 4 N–H and O–H groups in total. The van der Waals surface area contributed by atoms with Crippen LogP contribution >= 0.6 is 0 Å². The van der Waals surface area contributed by atoms with Gasteiger partial charge in [0.1, 0.15) is 11.9 Å². The lowest BCUT2D eigenvalue weighted by Crippen LogP contribution is -2.54. The number of benzene rings is 1. The quantitative estimate of drug-likeness (QED) is 0.286. The van der Waals surface area contributed by atoms with Crippen molar-refractivity contribution in [2.24, 2.45) is 11.7 Å². The zero-order chi connectivity index (χ0) is 30.6. The number of aromatic nitrogens is 3. The van der Waals surface area contributed by atoms with E-state index < -0.39 is 78.1 Å². The summed E-state index contributed by atoms with van der Waals surface area (Å²) in [6.45, 7) is 4.30. The Balaban J connectivity index is 1.76. The molecule has 1 aliphatic rings. The third kappa shape index (κ3) is 7.74. The van der Waals surface area contributed by atoms with Gasteiger partial charge in [-0.1, -0.05) is 20.3 Å². The molecule has 0 fully saturated rings. The lowest BCUT2D eigenvalue weighted by atomic mass is 9.99. The van der Waals surface area contributed by atoms with E-state index >= 15 is 0 Å². The second kappa shape index (κ2) is 12.9. The maximum absolute atomic E-state index is 14.4. The van der Waals surface area contributed by atoms with Gasteiger partial charge >= 0.3 is 6.18 Å². The Labute approximate surface area is 231 Å². The summed E-state index contributed by atoms with van der Waals surface area (Å²) < 4.78 is 82.0. The predicted molar refractivity (Wildman–Crippen MR) is 132 cm³/mol. The molecule has 0 bridgehead atoms. The van der Waals surface area contributed by atoms with Gasteiger partial charge in [-0.2, -0.15) is 13.2 Å². The summed E-state index contributed by atoms with van der Waals surface area (Å²) in [5.41, 5.74) is 5.57. The molecule has 0 saturated carbocycles. The van der Waals surface area contributed by atoms with Crippen molar-refractivity contribution in [3.05, 3.63) is 46.8 Å². The summed E-state index contributed by atoms with van der Waals surface area (Å²) >= 11 is 0. The number of alkyl halides is 3. The third-order valence-corrected chi connectivity index (χ3v) is 6.99. The van der Waals surface area contributed by atoms with E-state index in [-0.39, 0.29) is 36.9 Å². The number of hydrogen-bond donors (Lipinski definition) is 3. The van der Waals surface area contributed by atoms with E-state index in [4.69, 9.17) is 5.73 Å². The summed E-state index contributed by atoms with van der Waals surface area (Å²) in [7, 11) is 0. The minimum Gasteiger partial charge on any atom is -0.351 e. The molecule has 41 heavy (non-hydrogen) atoms. The highest BCUT2D eigenvalue weighted by atomic mass is 19.4. The van der Waals surface area contributed by atoms with Gasteiger partial charge in [0.05, 0.1) is 12.6 Å². The number of rotatable bonds is 10. The first kappa shape index (κ1) is 31.8. The Morgan fingerprint density at radius 1 is 1.00 bits per heavy atom. The minimum atomic E-state index is -4.73. The summed E-state index contributed by atoms with van der Waals surface area (Å²) in [6.07, 6.45) is -5.03. The average Bonchev–Trinajstić information content (AvgIpc) is 3.34. The van der Waals surface area contributed by atoms with Crippen molar-refractivity contribution in [1.29, 1.82) is 0 Å². The van der Waals surface area contributed by atoms with Crippen molar-refractivity contribution < 1.29 is 40.7 Å². The van der Waals surface area contributed by atoms with Gasteiger partial charge in [0.15, 0.2) is 17.5 Å². The first-order valence-electron chi connectivity index (χ1n) is 12.9. The molecule has 1 aromatic carbocycles. The van der Waals surface area contributed by atoms with E-state index in [1.165, 1.54) is 11.8 Å². The molecule has 1 aliphatic heterocycles. The first-order valence-corrected chi connectivity index (χ1v) is 12.9. The minimum absolute atomic E-state index is 0.0989. The van der Waals surface area contributed by atoms with Gasteiger partial charge < -0.3 is 25.8 Å². The molecular formula is C25H31F6N7O3. The summed E-state index contributed by atoms with van der Waals surface area (Å²) in [4.78, 5) is 39.6. The van der Waals surface area contributed by atoms with Crippen LogP contribution in [0.3, 0.4) is 0 Å². The van der Waals surface area contributed by atoms with E-state index in [1.54, 1.807) is 6.92 Å². The molecule has 0 radical (unpaired) electrons. The molecule has 2 heterocycles. The van der Waals surface area contributed by atoms with Crippen LogP contribution in [-0.4, -0.2) is 62.1 Å². The van der Waals surface area contributed by atoms with Crippen molar-refractivity contribution in [1.82, 2.24) is 30.3 Å². The van der Waals surface area contributed by atoms with Crippen molar-refractivity contribution in [2.45, 2.75) is 77.4 Å². The van der Waals surface area contributed by atoms with Crippen LogP contribution in [0.15, 0.2) is 12.1 Å². The van der Waals surface area contributed by atoms with Gasteiger partial charge in [-0.25, -0.2) is 13.2 Å². The molecule has 3 amide bonds. The Bertz CT molecular complexity index is 1290. The fourth-order valence-electron chi connectivity index (χ4n) is 4.29. The Hall–Kier alpha value is -3.69. The summed E-state index contributed by atoms with van der Waals surface area (Å²) in [5.74, 6) is -7.31. The number of carbonyl (C=O) groups excluding carboxylic acids is 3. The molecule has 0 saturated heterocycles. The van der Waals surface area contributed by atoms with E-state index in [2.05, 4.69) is 20.8 Å². The molecule has 0 spiro atoms. The molecule has 0 aliphatic carbocycles. The standard InChI is InChI=1S/C25H31F6N7O3/c1-4-12(2)21(32)23(41)33-13(3)22(40)34-15(7-14-8-17(27)18(28)10-16(14)26)9-20(39)37-5-6-38-19(11-37)35-36-24(38)25(29,30)31/h8,10,12-13,15,21H,4-7,9,11,32H2,1-3H3,(H,33,41)(H,34,40)/t12?,13?,15-,21?/m1/s1. The summed E-state index contributed by atoms with van der Waals surface area (Å²) in [6, 6.07) is -2.24. The highest BCUT2D eigenvalue weighted by Crippen LogP contribution is 2.29. The normalized spacial score (nSPS) is 16.4. The molecule has 2 aromatic rings. The lowest BCUT2D eigenvalue weighted by Gasteiger charge is -2.30. The topological polar surface area (TPSA) is 135 Å². The van der Waals surface area contributed by atoms with Crippen molar-refractivity contribution in [2.75, 3.05) is 6.54 Å². The SMILES string of the molecule is CCC(C)C(N)C(=O)NC(C)C(=O)N[C@@H](CC(=O)N1CCn2c(nnc2C(F)(F)F)C1)Cc1cc(F)c(F)cc1F. The number of fused-ring (bicyclic) bond motifs is 1. The van der Waals surface area contributed by atoms with Crippen molar-refractivity contribution in [3.63, 3.8) is 0 Å². The molecule has 10 nitrogen and oxygen atoms in total. The molecule has 3 rings (SSSR count). The zero-order valence-electron chi connectivity index (χ0n) is 22.6. The van der Waals surface area contributed by atoms with E-state index in [0.29, 0.717) is 18.6 Å². The van der Waals surface area contributed by atoms with E-state index in [1.807, 2.05) is 6.92 Å². The largest absolute Gasteiger partial charge is 0.451 e. The van der Waals surface area contributed by atoms with Crippen LogP contribution in [-0.2, 0) is 40.1 Å². The molecule has 16 heteroatoms. The van der Waals surface area contributed by atoms with Gasteiger partial charge in [0, 0.05) is 31.6 Å². The maximum atomic E-state index is 14.4. The number of nitrogens with zero attached hydrogens (tertiary/aromatic N) is 4. The van der Waals surface area contributed by atoms with Crippen LogP contribution < -0.4 is 16.4 Å². The molecule has 3 unspecified atom stereocenters. The van der Waals surface area contributed by atoms with Gasteiger partial charge in [-0.05, 0) is 30.9 Å². The van der Waals surface area contributed by atoms with Crippen LogP contribution in [0.2, 0.25) is 0 Å². The smallest absolute Gasteiger partial charge is 0.351 e. The number of nitrogens with two attached hydrogens (primary N) is 1. The monoisotopic (exact) mass is 591 g/mol. The molecule has 1 aromatic heterocycles. The maximum Gasteiger partial charge on any atom is 0.451 e. The first-order chi connectivity index (χ1) is 19.1. The van der Waals surface area contributed by atoms with Gasteiger partial charge in [-0.3, -0.25) is 14.4 Å². The van der Waals surface area contributed by atoms with Gasteiger partial charge in [0.25, 0.3) is 0 Å². The molecule has 226 valence electrons. The highest BCUT2D eigenvalue weighted by molar-refractivity contribution is 5.90. The highest BCUT2D eigenvalue weighted by Gasteiger charge is 2.40. The average molecular weight is 592 g/mol. The van der Waals surface area contributed by atoms with Crippen LogP contribution in [0, 0.1) is 23.4 Å². The Morgan fingerprint density at radius 3 is 2.29 bits per heavy atom. The van der Waals surface area contributed by atoms with Crippen LogP contribution in [0.25, 0.3) is 0 Å².